The van der Waals surface area contributed by atoms with E-state index in [0.717, 1.165) is 50.3 Å². The zero-order chi connectivity index (χ0) is 15.2. The van der Waals surface area contributed by atoms with Gasteiger partial charge in [0.05, 0.1) is 0 Å². The number of likely N-dealkylation sites (tertiary alicyclic amines) is 1. The maximum atomic E-state index is 12.7. The molecule has 1 amide bonds. The number of pyridine rings is 1. The van der Waals surface area contributed by atoms with Crippen molar-refractivity contribution in [1.82, 2.24) is 9.88 Å². The lowest BCUT2D eigenvalue weighted by atomic mass is 10.1. The van der Waals surface area contributed by atoms with Crippen LogP contribution in [0.2, 0.25) is 0 Å². The second-order valence-corrected chi connectivity index (χ2v) is 5.57. The van der Waals surface area contributed by atoms with Crippen LogP contribution in [0.25, 0.3) is 0 Å². The molecular weight excluding hydrogens is 266 g/mol. The van der Waals surface area contributed by atoms with Gasteiger partial charge in [0.15, 0.2) is 0 Å². The molecule has 0 saturated carbocycles. The Labute approximate surface area is 126 Å². The van der Waals surface area contributed by atoms with Crippen molar-refractivity contribution in [3.63, 3.8) is 0 Å². The van der Waals surface area contributed by atoms with E-state index in [4.69, 9.17) is 5.11 Å². The fourth-order valence-electron chi connectivity index (χ4n) is 2.96. The van der Waals surface area contributed by atoms with Gasteiger partial charge in [0.2, 0.25) is 0 Å². The summed E-state index contributed by atoms with van der Waals surface area (Å²) in [6.45, 7) is 5.71. The molecule has 1 fully saturated rings. The first-order valence-electron chi connectivity index (χ1n) is 7.80. The third kappa shape index (κ3) is 3.94. The molecule has 0 aromatic carbocycles. The van der Waals surface area contributed by atoms with E-state index in [1.807, 2.05) is 30.9 Å². The number of carbonyl (C=O) groups is 1. The smallest absolute Gasteiger partial charge is 0.254 e. The van der Waals surface area contributed by atoms with Crippen molar-refractivity contribution >= 4 is 11.7 Å². The Morgan fingerprint density at radius 3 is 3.05 bits per heavy atom. The van der Waals surface area contributed by atoms with Crippen LogP contribution in [0.15, 0.2) is 12.1 Å². The lowest BCUT2D eigenvalue weighted by Gasteiger charge is -2.25. The number of nitrogens with zero attached hydrogens (tertiary/aromatic N) is 2. The highest BCUT2D eigenvalue weighted by atomic mass is 16.3. The Bertz CT molecular complexity index is 490. The van der Waals surface area contributed by atoms with Crippen LogP contribution in [0.1, 0.15) is 48.7 Å². The van der Waals surface area contributed by atoms with Crippen molar-refractivity contribution in [2.24, 2.45) is 0 Å². The zero-order valence-electron chi connectivity index (χ0n) is 12.9. The van der Waals surface area contributed by atoms with Crippen LogP contribution in [-0.2, 0) is 0 Å². The van der Waals surface area contributed by atoms with Gasteiger partial charge in [0.25, 0.3) is 5.91 Å². The van der Waals surface area contributed by atoms with E-state index in [9.17, 15) is 4.79 Å². The number of rotatable bonds is 6. The van der Waals surface area contributed by atoms with Crippen molar-refractivity contribution in [2.75, 3.05) is 25.0 Å². The molecule has 1 atom stereocenters. The Kier molecular flexibility index (Phi) is 5.56. The van der Waals surface area contributed by atoms with Crippen LogP contribution < -0.4 is 5.32 Å². The molecule has 2 rings (SSSR count). The summed E-state index contributed by atoms with van der Waals surface area (Å²) in [4.78, 5) is 19.1. The molecule has 0 radical (unpaired) electrons. The van der Waals surface area contributed by atoms with Crippen molar-refractivity contribution in [3.8, 4) is 0 Å². The van der Waals surface area contributed by atoms with Crippen LogP contribution in [0.4, 0.5) is 5.82 Å². The van der Waals surface area contributed by atoms with Gasteiger partial charge in [-0.15, -0.1) is 0 Å². The third-order valence-electron chi connectivity index (χ3n) is 3.89. The average Bonchev–Trinajstić information content (AvgIpc) is 2.92. The minimum Gasteiger partial charge on any atom is -0.396 e. The second-order valence-electron chi connectivity index (χ2n) is 5.57. The van der Waals surface area contributed by atoms with E-state index in [0.29, 0.717) is 5.56 Å². The number of hydrogen-bond acceptors (Lipinski definition) is 4. The van der Waals surface area contributed by atoms with Gasteiger partial charge >= 0.3 is 0 Å². The fraction of sp³-hybridized carbons (Fsp3) is 0.625. The molecule has 0 spiro atoms. The first kappa shape index (κ1) is 15.8. The number of aryl methyl sites for hydroxylation is 1. The van der Waals surface area contributed by atoms with Gasteiger partial charge in [0, 0.05) is 37.0 Å². The maximum absolute atomic E-state index is 12.7. The van der Waals surface area contributed by atoms with Crippen molar-refractivity contribution < 1.29 is 9.90 Å². The maximum Gasteiger partial charge on any atom is 0.254 e. The highest BCUT2D eigenvalue weighted by molar-refractivity contribution is 5.95. The zero-order valence-corrected chi connectivity index (χ0v) is 12.9. The molecule has 1 aromatic rings. The summed E-state index contributed by atoms with van der Waals surface area (Å²) >= 11 is 0. The van der Waals surface area contributed by atoms with E-state index in [-0.39, 0.29) is 18.6 Å². The standard InChI is InChI=1S/C16H25N3O2/c1-3-17-15-11-13(10-12(2)18-15)16(21)19-8-4-6-14(19)7-5-9-20/h10-11,14,20H,3-9H2,1-2H3,(H,17,18). The van der Waals surface area contributed by atoms with Gasteiger partial charge in [-0.25, -0.2) is 4.98 Å². The van der Waals surface area contributed by atoms with Gasteiger partial charge in [-0.05, 0) is 51.7 Å². The molecule has 1 aliphatic rings. The third-order valence-corrected chi connectivity index (χ3v) is 3.89. The largest absolute Gasteiger partial charge is 0.396 e. The van der Waals surface area contributed by atoms with Gasteiger partial charge < -0.3 is 15.3 Å². The normalized spacial score (nSPS) is 18.0. The number of amides is 1. The second kappa shape index (κ2) is 7.41. The first-order chi connectivity index (χ1) is 10.2. The topological polar surface area (TPSA) is 65.5 Å². The summed E-state index contributed by atoms with van der Waals surface area (Å²) in [5.41, 5.74) is 1.55. The molecule has 0 aliphatic carbocycles. The molecule has 1 aromatic heterocycles. The highest BCUT2D eigenvalue weighted by Crippen LogP contribution is 2.24. The summed E-state index contributed by atoms with van der Waals surface area (Å²) in [7, 11) is 0. The van der Waals surface area contributed by atoms with E-state index in [1.165, 1.54) is 0 Å². The van der Waals surface area contributed by atoms with Gasteiger partial charge in [-0.3, -0.25) is 4.79 Å². The molecular formula is C16H25N3O2. The lowest BCUT2D eigenvalue weighted by Crippen LogP contribution is -2.35. The number of anilines is 1. The number of aliphatic hydroxyl groups excluding tert-OH is 1. The van der Waals surface area contributed by atoms with Crippen LogP contribution >= 0.6 is 0 Å². The van der Waals surface area contributed by atoms with E-state index in [1.54, 1.807) is 0 Å². The number of aliphatic hydroxyl groups is 1. The van der Waals surface area contributed by atoms with Crippen molar-refractivity contribution in [2.45, 2.75) is 45.6 Å². The van der Waals surface area contributed by atoms with Gasteiger partial charge in [0.1, 0.15) is 5.82 Å². The molecule has 2 heterocycles. The number of nitrogens with one attached hydrogen (secondary N) is 1. The molecule has 5 heteroatoms. The van der Waals surface area contributed by atoms with E-state index < -0.39 is 0 Å². The van der Waals surface area contributed by atoms with Crippen LogP contribution in [-0.4, -0.2) is 46.6 Å². The Hall–Kier alpha value is -1.62. The summed E-state index contributed by atoms with van der Waals surface area (Å²) in [5, 5.41) is 12.1. The monoisotopic (exact) mass is 291 g/mol. The summed E-state index contributed by atoms with van der Waals surface area (Å²) in [6.07, 6.45) is 3.72. The van der Waals surface area contributed by atoms with Gasteiger partial charge in [-0.1, -0.05) is 0 Å². The number of aromatic nitrogens is 1. The molecule has 116 valence electrons. The molecule has 0 bridgehead atoms. The number of hydrogen-bond donors (Lipinski definition) is 2. The molecule has 1 saturated heterocycles. The SMILES string of the molecule is CCNc1cc(C(=O)N2CCCC2CCCO)cc(C)n1. The summed E-state index contributed by atoms with van der Waals surface area (Å²) < 4.78 is 0. The predicted molar refractivity (Wildman–Crippen MR) is 83.5 cm³/mol. The van der Waals surface area contributed by atoms with E-state index >= 15 is 0 Å². The quantitative estimate of drug-likeness (QED) is 0.843. The Morgan fingerprint density at radius 1 is 1.52 bits per heavy atom. The molecule has 1 unspecified atom stereocenters. The van der Waals surface area contributed by atoms with Crippen LogP contribution in [0, 0.1) is 6.92 Å². The molecule has 21 heavy (non-hydrogen) atoms. The van der Waals surface area contributed by atoms with Crippen LogP contribution in [0.5, 0.6) is 0 Å². The molecule has 5 nitrogen and oxygen atoms in total. The lowest BCUT2D eigenvalue weighted by molar-refractivity contribution is 0.0724. The Balaban J connectivity index is 2.14. The van der Waals surface area contributed by atoms with Gasteiger partial charge in [-0.2, -0.15) is 0 Å². The molecule has 1 aliphatic heterocycles. The van der Waals surface area contributed by atoms with E-state index in [2.05, 4.69) is 10.3 Å². The molecule has 2 N–H and O–H groups in total. The average molecular weight is 291 g/mol. The summed E-state index contributed by atoms with van der Waals surface area (Å²) in [5.74, 6) is 0.840. The van der Waals surface area contributed by atoms with Crippen molar-refractivity contribution in [3.05, 3.63) is 23.4 Å². The van der Waals surface area contributed by atoms with Crippen molar-refractivity contribution in [1.29, 1.82) is 0 Å². The first-order valence-corrected chi connectivity index (χ1v) is 7.80. The Morgan fingerprint density at radius 2 is 2.33 bits per heavy atom. The minimum absolute atomic E-state index is 0.0834. The highest BCUT2D eigenvalue weighted by Gasteiger charge is 2.29. The predicted octanol–water partition coefficient (Wildman–Crippen LogP) is 2.20. The van der Waals surface area contributed by atoms with Crippen LogP contribution in [0.3, 0.4) is 0 Å². The fourth-order valence-corrected chi connectivity index (χ4v) is 2.96. The minimum atomic E-state index is 0.0834. The number of carbonyl (C=O) groups excluding carboxylic acids is 1. The summed E-state index contributed by atoms with van der Waals surface area (Å²) in [6, 6.07) is 3.95.